The third kappa shape index (κ3) is 1.92. The molecule has 7 heteroatoms. The molecule has 0 aromatic rings. The highest BCUT2D eigenvalue weighted by molar-refractivity contribution is 6.22. The topological polar surface area (TPSA) is 121 Å². The van der Waals surface area contributed by atoms with Gasteiger partial charge in [-0.05, 0) is 26.8 Å². The molecule has 4 aliphatic rings. The Kier molecular flexibility index (Phi) is 4.01. The number of carbonyl (C=O) groups is 3. The number of aliphatic hydroxyl groups is 3. The zero-order valence-corrected chi connectivity index (χ0v) is 14.9. The van der Waals surface area contributed by atoms with Crippen molar-refractivity contribution in [2.24, 2.45) is 16.7 Å². The van der Waals surface area contributed by atoms with E-state index < -0.39 is 58.4 Å². The smallest absolute Gasteiger partial charge is 0.306 e. The van der Waals surface area contributed by atoms with Gasteiger partial charge in [-0.25, -0.2) is 0 Å². The van der Waals surface area contributed by atoms with E-state index in [2.05, 4.69) is 0 Å². The molecule has 3 aliphatic carbocycles. The molecule has 0 unspecified atom stereocenters. The third-order valence-electron chi connectivity index (χ3n) is 6.21. The van der Waals surface area contributed by atoms with Crippen molar-refractivity contribution in [2.45, 2.75) is 38.9 Å². The second-order valence-corrected chi connectivity index (χ2v) is 7.49. The molecule has 1 saturated heterocycles. The molecule has 7 nitrogen and oxygen atoms in total. The third-order valence-corrected chi connectivity index (χ3v) is 6.21. The van der Waals surface area contributed by atoms with Gasteiger partial charge in [0.2, 0.25) is 0 Å². The van der Waals surface area contributed by atoms with Crippen LogP contribution in [-0.4, -0.2) is 51.2 Å². The van der Waals surface area contributed by atoms with E-state index in [4.69, 9.17) is 4.74 Å². The molecule has 0 aromatic heterocycles. The van der Waals surface area contributed by atoms with Gasteiger partial charge in [0.15, 0.2) is 11.6 Å². The predicted octanol–water partition coefficient (Wildman–Crippen LogP) is 0.764. The Morgan fingerprint density at radius 2 is 1.92 bits per heavy atom. The fourth-order valence-corrected chi connectivity index (χ4v) is 4.77. The number of aliphatic hydroxyl groups excluding tert-OH is 2. The number of hydrogen-bond acceptors (Lipinski definition) is 7. The maximum Gasteiger partial charge on any atom is 0.306 e. The first-order valence-electron chi connectivity index (χ1n) is 8.44. The Labute approximate surface area is 150 Å². The highest BCUT2D eigenvalue weighted by Crippen LogP contribution is 2.66. The summed E-state index contributed by atoms with van der Waals surface area (Å²) in [6, 6.07) is 0. The van der Waals surface area contributed by atoms with Crippen molar-refractivity contribution in [1.82, 2.24) is 0 Å². The average Bonchev–Trinajstić information content (AvgIpc) is 2.93. The van der Waals surface area contributed by atoms with Gasteiger partial charge in [-0.3, -0.25) is 14.4 Å². The zero-order chi connectivity index (χ0) is 19.5. The lowest BCUT2D eigenvalue weighted by molar-refractivity contribution is -0.210. The van der Waals surface area contributed by atoms with Crippen LogP contribution in [-0.2, 0) is 19.1 Å². The first-order chi connectivity index (χ1) is 12.1. The molecule has 0 radical (unpaired) electrons. The molecule has 1 heterocycles. The van der Waals surface area contributed by atoms with Crippen LogP contribution in [0.2, 0.25) is 0 Å². The predicted molar refractivity (Wildman–Crippen MR) is 89.9 cm³/mol. The number of Topliss-reactive ketones (excluding diaryl/α,β-unsaturated/α-hetero) is 2. The summed E-state index contributed by atoms with van der Waals surface area (Å²) < 4.78 is 5.35. The van der Waals surface area contributed by atoms with Crippen molar-refractivity contribution >= 4 is 17.5 Å². The van der Waals surface area contributed by atoms with Gasteiger partial charge in [-0.1, -0.05) is 18.2 Å². The minimum Gasteiger partial charge on any atom is -0.508 e. The molecule has 0 aromatic carbocycles. The van der Waals surface area contributed by atoms with E-state index in [9.17, 15) is 29.7 Å². The summed E-state index contributed by atoms with van der Waals surface area (Å²) in [6.07, 6.45) is 4.78. The van der Waals surface area contributed by atoms with Gasteiger partial charge in [0.1, 0.15) is 22.9 Å². The van der Waals surface area contributed by atoms with Crippen molar-refractivity contribution in [2.75, 3.05) is 6.61 Å². The Balaban J connectivity index is 2.30. The average molecular weight is 362 g/mol. The molecule has 3 N–H and O–H groups in total. The van der Waals surface area contributed by atoms with E-state index in [1.54, 1.807) is 19.1 Å². The van der Waals surface area contributed by atoms with Crippen molar-refractivity contribution in [3.8, 4) is 0 Å². The number of fused-ring (bicyclic) bond motifs is 2. The van der Waals surface area contributed by atoms with Crippen LogP contribution in [0.15, 0.2) is 35.6 Å². The van der Waals surface area contributed by atoms with Crippen LogP contribution in [0.3, 0.4) is 0 Å². The summed E-state index contributed by atoms with van der Waals surface area (Å²) in [5.41, 5.74) is -5.49. The van der Waals surface area contributed by atoms with Crippen LogP contribution in [0.5, 0.6) is 0 Å². The lowest BCUT2D eigenvalue weighted by Gasteiger charge is -2.60. The van der Waals surface area contributed by atoms with Gasteiger partial charge in [-0.15, -0.1) is 0 Å². The zero-order valence-electron chi connectivity index (χ0n) is 14.9. The fourth-order valence-electron chi connectivity index (χ4n) is 4.77. The molecular formula is C19H22O7. The molecule has 3 saturated carbocycles. The summed E-state index contributed by atoms with van der Waals surface area (Å²) in [7, 11) is 0. The Bertz CT molecular complexity index is 788. The number of ketones is 2. The van der Waals surface area contributed by atoms with Crippen molar-refractivity contribution in [1.29, 1.82) is 0 Å². The lowest BCUT2D eigenvalue weighted by atomic mass is 9.40. The molecule has 0 amide bonds. The standard InChI is InChI=1S/C19H22O7/c1-4-5-6-7-10(21)12-13-15-19(9-20,8-11(22)26-15)17(2,14(12)23)16(24)18(13,3)25/h4-7,13,15,20-21,25H,8-9H2,1-3H3/b5-4+,7-6-,12-10-/t13-,15-,17-,18+,19+/m1/s1. The Morgan fingerprint density at radius 3 is 2.50 bits per heavy atom. The van der Waals surface area contributed by atoms with Crippen LogP contribution in [0, 0.1) is 16.7 Å². The SMILES string of the molecule is C/C=C/C=C\C(O)=C1\C(=O)[C@]2(C)C(=O)[C@@](C)(O)[C@H]1[C@H]1OC(=O)C[C@]12CO. The van der Waals surface area contributed by atoms with Gasteiger partial charge >= 0.3 is 5.97 Å². The van der Waals surface area contributed by atoms with E-state index in [1.165, 1.54) is 26.0 Å². The summed E-state index contributed by atoms with van der Waals surface area (Å²) in [5.74, 6) is -3.75. The van der Waals surface area contributed by atoms with Crippen LogP contribution in [0.25, 0.3) is 0 Å². The molecule has 5 atom stereocenters. The van der Waals surface area contributed by atoms with Gasteiger partial charge in [0.05, 0.1) is 24.4 Å². The molecule has 4 fully saturated rings. The largest absolute Gasteiger partial charge is 0.508 e. The first kappa shape index (κ1) is 18.5. The lowest BCUT2D eigenvalue weighted by Crippen LogP contribution is -2.76. The molecule has 26 heavy (non-hydrogen) atoms. The fraction of sp³-hybridized carbons (Fsp3) is 0.526. The van der Waals surface area contributed by atoms with Gasteiger partial charge in [0, 0.05) is 5.57 Å². The van der Waals surface area contributed by atoms with Gasteiger partial charge in [0.25, 0.3) is 0 Å². The second-order valence-electron chi connectivity index (χ2n) is 7.49. The molecule has 0 spiro atoms. The first-order valence-corrected chi connectivity index (χ1v) is 8.44. The summed E-state index contributed by atoms with van der Waals surface area (Å²) in [5, 5.41) is 31.4. The molecule has 4 rings (SSSR count). The maximum atomic E-state index is 13.2. The minimum absolute atomic E-state index is 0.151. The summed E-state index contributed by atoms with van der Waals surface area (Å²) in [4.78, 5) is 38.2. The number of rotatable bonds is 3. The molecular weight excluding hydrogens is 340 g/mol. The van der Waals surface area contributed by atoms with E-state index in [1.807, 2.05) is 0 Å². The van der Waals surface area contributed by atoms with Crippen molar-refractivity contribution < 1.29 is 34.4 Å². The molecule has 1 aliphatic heterocycles. The second kappa shape index (κ2) is 5.62. The summed E-state index contributed by atoms with van der Waals surface area (Å²) >= 11 is 0. The Morgan fingerprint density at radius 1 is 1.27 bits per heavy atom. The van der Waals surface area contributed by atoms with E-state index in [0.29, 0.717) is 0 Å². The normalized spacial score (nSPS) is 44.1. The van der Waals surface area contributed by atoms with Gasteiger partial charge in [-0.2, -0.15) is 0 Å². The van der Waals surface area contributed by atoms with Crippen LogP contribution in [0.1, 0.15) is 27.2 Å². The van der Waals surface area contributed by atoms with Crippen LogP contribution in [0.4, 0.5) is 0 Å². The molecule has 140 valence electrons. The van der Waals surface area contributed by atoms with E-state index in [-0.39, 0.29) is 12.0 Å². The van der Waals surface area contributed by atoms with Crippen LogP contribution < -0.4 is 0 Å². The number of carbonyl (C=O) groups excluding carboxylic acids is 3. The quantitative estimate of drug-likeness (QED) is 0.223. The number of allylic oxidation sites excluding steroid dienone is 4. The number of esters is 1. The molecule has 2 bridgehead atoms. The van der Waals surface area contributed by atoms with Crippen molar-refractivity contribution in [3.63, 3.8) is 0 Å². The maximum absolute atomic E-state index is 13.2. The Hall–Kier alpha value is -2.25. The van der Waals surface area contributed by atoms with Gasteiger partial charge < -0.3 is 20.1 Å². The number of hydrogen-bond donors (Lipinski definition) is 3. The van der Waals surface area contributed by atoms with E-state index >= 15 is 0 Å². The number of ether oxygens (including phenoxy) is 1. The van der Waals surface area contributed by atoms with Crippen molar-refractivity contribution in [3.05, 3.63) is 35.6 Å². The minimum atomic E-state index is -2.02. The summed E-state index contributed by atoms with van der Waals surface area (Å²) in [6.45, 7) is 3.73. The highest BCUT2D eigenvalue weighted by Gasteiger charge is 2.80. The van der Waals surface area contributed by atoms with Crippen LogP contribution >= 0.6 is 0 Å². The monoisotopic (exact) mass is 362 g/mol. The highest BCUT2D eigenvalue weighted by atomic mass is 16.6. The van der Waals surface area contributed by atoms with E-state index in [0.717, 1.165) is 0 Å².